The molecule has 0 bridgehead atoms. The van der Waals surface area contributed by atoms with Crippen LogP contribution in [0.1, 0.15) is 30.6 Å². The first-order chi connectivity index (χ1) is 6.57. The van der Waals surface area contributed by atoms with Crippen molar-refractivity contribution >= 4 is 17.5 Å². The Morgan fingerprint density at radius 3 is 2.79 bits per heavy atom. The summed E-state index contributed by atoms with van der Waals surface area (Å²) >= 11 is 5.71. The summed E-state index contributed by atoms with van der Waals surface area (Å²) in [6.45, 7) is 4.03. The van der Waals surface area contributed by atoms with Crippen molar-refractivity contribution in [3.63, 3.8) is 0 Å². The molecule has 0 radical (unpaired) electrons. The molecule has 0 aliphatic rings. The fourth-order valence-electron chi connectivity index (χ4n) is 1.11. The van der Waals surface area contributed by atoms with E-state index < -0.39 is 0 Å². The number of amides is 1. The average molecular weight is 216 g/mol. The molecule has 1 aromatic rings. The molecule has 1 unspecified atom stereocenters. The zero-order valence-corrected chi connectivity index (χ0v) is 9.34. The van der Waals surface area contributed by atoms with Gasteiger partial charge in [-0.15, -0.1) is 0 Å². The molecule has 0 saturated heterocycles. The van der Waals surface area contributed by atoms with Gasteiger partial charge in [-0.25, -0.2) is 0 Å². The molecular weight excluding hydrogens is 202 g/mol. The summed E-state index contributed by atoms with van der Waals surface area (Å²) in [6.07, 6.45) is 2.33. The van der Waals surface area contributed by atoms with Gasteiger partial charge in [0.05, 0.1) is 11.8 Å². The molecule has 0 fully saturated rings. The molecule has 0 saturated carbocycles. The van der Waals surface area contributed by atoms with Crippen LogP contribution in [0.3, 0.4) is 0 Å². The quantitative estimate of drug-likeness (QED) is 0.777. The number of nitrogens with zero attached hydrogens (tertiary/aromatic N) is 1. The number of furan rings is 1. The van der Waals surface area contributed by atoms with Crippen LogP contribution in [0.15, 0.2) is 16.7 Å². The fraction of sp³-hybridized carbons (Fsp3) is 0.500. The highest BCUT2D eigenvalue weighted by atomic mass is 35.5. The van der Waals surface area contributed by atoms with Crippen molar-refractivity contribution in [2.45, 2.75) is 26.3 Å². The smallest absolute Gasteiger partial charge is 0.258 e. The number of hydrogen-bond donors (Lipinski definition) is 0. The highest BCUT2D eigenvalue weighted by Gasteiger charge is 2.20. The summed E-state index contributed by atoms with van der Waals surface area (Å²) in [5, 5.41) is 0.158. The van der Waals surface area contributed by atoms with Gasteiger partial charge < -0.3 is 9.32 Å². The third-order valence-electron chi connectivity index (χ3n) is 2.42. The SMILES string of the molecule is CCC(C)N(C)C(=O)c1ccoc1Cl. The van der Waals surface area contributed by atoms with E-state index >= 15 is 0 Å². The molecule has 1 aromatic heterocycles. The number of carbonyl (C=O) groups excluding carboxylic acids is 1. The molecule has 78 valence electrons. The van der Waals surface area contributed by atoms with Gasteiger partial charge in [0.2, 0.25) is 5.22 Å². The minimum absolute atomic E-state index is 0.0990. The van der Waals surface area contributed by atoms with Gasteiger partial charge >= 0.3 is 0 Å². The fourth-order valence-corrected chi connectivity index (χ4v) is 1.31. The topological polar surface area (TPSA) is 33.5 Å². The predicted octanol–water partition coefficient (Wildman–Crippen LogP) is 2.80. The molecule has 0 aliphatic heterocycles. The maximum absolute atomic E-state index is 11.8. The molecule has 4 heteroatoms. The highest BCUT2D eigenvalue weighted by Crippen LogP contribution is 2.19. The molecule has 0 spiro atoms. The van der Waals surface area contributed by atoms with E-state index in [1.165, 1.54) is 6.26 Å². The maximum Gasteiger partial charge on any atom is 0.258 e. The van der Waals surface area contributed by atoms with Gasteiger partial charge in [0.15, 0.2) is 0 Å². The first-order valence-electron chi connectivity index (χ1n) is 4.58. The van der Waals surface area contributed by atoms with Gasteiger partial charge in [-0.05, 0) is 31.0 Å². The Morgan fingerprint density at radius 1 is 1.71 bits per heavy atom. The van der Waals surface area contributed by atoms with Gasteiger partial charge in [0.1, 0.15) is 0 Å². The standard InChI is InChI=1S/C10H14ClNO2/c1-4-7(2)12(3)10(13)8-5-6-14-9(8)11/h5-7H,4H2,1-3H3. The highest BCUT2D eigenvalue weighted by molar-refractivity contribution is 6.32. The van der Waals surface area contributed by atoms with Crippen LogP contribution in [-0.2, 0) is 0 Å². The van der Waals surface area contributed by atoms with Crippen LogP contribution >= 0.6 is 11.6 Å². The summed E-state index contributed by atoms with van der Waals surface area (Å²) in [6, 6.07) is 1.79. The Balaban J connectivity index is 2.81. The minimum Gasteiger partial charge on any atom is -0.452 e. The van der Waals surface area contributed by atoms with Crippen LogP contribution in [0, 0.1) is 0 Å². The first-order valence-corrected chi connectivity index (χ1v) is 4.95. The third-order valence-corrected chi connectivity index (χ3v) is 2.71. The van der Waals surface area contributed by atoms with Crippen molar-refractivity contribution in [1.82, 2.24) is 4.90 Å². The maximum atomic E-state index is 11.8. The van der Waals surface area contributed by atoms with Crippen LogP contribution in [0.5, 0.6) is 0 Å². The second kappa shape index (κ2) is 4.51. The molecule has 0 aromatic carbocycles. The minimum atomic E-state index is -0.0990. The van der Waals surface area contributed by atoms with Crippen molar-refractivity contribution in [2.24, 2.45) is 0 Å². The normalized spacial score (nSPS) is 12.6. The van der Waals surface area contributed by atoms with Crippen LogP contribution < -0.4 is 0 Å². The third kappa shape index (κ3) is 2.10. The van der Waals surface area contributed by atoms with E-state index in [9.17, 15) is 4.79 Å². The lowest BCUT2D eigenvalue weighted by Crippen LogP contribution is -2.34. The lowest BCUT2D eigenvalue weighted by atomic mass is 10.2. The van der Waals surface area contributed by atoms with Gasteiger partial charge in [-0.2, -0.15) is 0 Å². The van der Waals surface area contributed by atoms with Crippen LogP contribution in [0.25, 0.3) is 0 Å². The Kier molecular flexibility index (Phi) is 3.58. The van der Waals surface area contributed by atoms with Crippen molar-refractivity contribution < 1.29 is 9.21 Å². The number of carbonyl (C=O) groups is 1. The first kappa shape index (κ1) is 11.1. The Bertz CT molecular complexity index is 322. The Hall–Kier alpha value is -0.960. The summed E-state index contributed by atoms with van der Waals surface area (Å²) in [5.74, 6) is -0.0990. The van der Waals surface area contributed by atoms with Gasteiger partial charge in [0.25, 0.3) is 5.91 Å². The van der Waals surface area contributed by atoms with E-state index in [1.807, 2.05) is 13.8 Å². The van der Waals surface area contributed by atoms with E-state index in [-0.39, 0.29) is 17.2 Å². The molecule has 1 amide bonds. The predicted molar refractivity (Wildman–Crippen MR) is 55.6 cm³/mol. The lowest BCUT2D eigenvalue weighted by molar-refractivity contribution is 0.0740. The summed E-state index contributed by atoms with van der Waals surface area (Å²) < 4.78 is 4.87. The number of rotatable bonds is 3. The largest absolute Gasteiger partial charge is 0.452 e. The molecule has 0 aliphatic carbocycles. The summed E-state index contributed by atoms with van der Waals surface area (Å²) in [7, 11) is 1.76. The van der Waals surface area contributed by atoms with Crippen molar-refractivity contribution in [1.29, 1.82) is 0 Å². The van der Waals surface area contributed by atoms with Crippen LogP contribution in [-0.4, -0.2) is 23.9 Å². The molecule has 1 heterocycles. The molecule has 3 nitrogen and oxygen atoms in total. The van der Waals surface area contributed by atoms with Gasteiger partial charge in [-0.1, -0.05) is 6.92 Å². The van der Waals surface area contributed by atoms with Gasteiger partial charge in [-0.3, -0.25) is 4.79 Å². The molecular formula is C10H14ClNO2. The zero-order chi connectivity index (χ0) is 10.7. The Morgan fingerprint density at radius 2 is 2.36 bits per heavy atom. The summed E-state index contributed by atoms with van der Waals surface area (Å²) in [4.78, 5) is 13.5. The lowest BCUT2D eigenvalue weighted by Gasteiger charge is -2.23. The monoisotopic (exact) mass is 215 g/mol. The van der Waals surface area contributed by atoms with Crippen molar-refractivity contribution in [3.8, 4) is 0 Å². The second-order valence-electron chi connectivity index (χ2n) is 3.28. The average Bonchev–Trinajstić information content (AvgIpc) is 2.61. The summed E-state index contributed by atoms with van der Waals surface area (Å²) in [5.41, 5.74) is 0.425. The molecule has 1 atom stereocenters. The van der Waals surface area contributed by atoms with E-state index in [4.69, 9.17) is 16.0 Å². The number of hydrogen-bond acceptors (Lipinski definition) is 2. The molecule has 14 heavy (non-hydrogen) atoms. The second-order valence-corrected chi connectivity index (χ2v) is 3.62. The van der Waals surface area contributed by atoms with E-state index in [1.54, 1.807) is 18.0 Å². The van der Waals surface area contributed by atoms with Crippen molar-refractivity contribution in [2.75, 3.05) is 7.05 Å². The van der Waals surface area contributed by atoms with Gasteiger partial charge in [0, 0.05) is 13.1 Å². The molecule has 0 N–H and O–H groups in total. The van der Waals surface area contributed by atoms with Crippen LogP contribution in [0.2, 0.25) is 5.22 Å². The van der Waals surface area contributed by atoms with E-state index in [0.717, 1.165) is 6.42 Å². The van der Waals surface area contributed by atoms with Crippen molar-refractivity contribution in [3.05, 3.63) is 23.1 Å². The van der Waals surface area contributed by atoms with Crippen LogP contribution in [0.4, 0.5) is 0 Å². The molecule has 1 rings (SSSR count). The zero-order valence-electron chi connectivity index (χ0n) is 8.58. The van der Waals surface area contributed by atoms with E-state index in [0.29, 0.717) is 5.56 Å². The Labute approximate surface area is 88.6 Å². The number of halogens is 1. The van der Waals surface area contributed by atoms with E-state index in [2.05, 4.69) is 0 Å².